The first-order valence-corrected chi connectivity index (χ1v) is 7.95. The van der Waals surface area contributed by atoms with Gasteiger partial charge in [-0.2, -0.15) is 4.31 Å². The van der Waals surface area contributed by atoms with Crippen LogP contribution in [0.15, 0.2) is 11.0 Å². The molecule has 0 radical (unpaired) electrons. The summed E-state index contributed by atoms with van der Waals surface area (Å²) in [6, 6.07) is 1.79. The van der Waals surface area contributed by atoms with Crippen molar-refractivity contribution in [1.82, 2.24) is 4.31 Å². The van der Waals surface area contributed by atoms with Gasteiger partial charge in [0.25, 0.3) is 0 Å². The fourth-order valence-electron chi connectivity index (χ4n) is 2.37. The quantitative estimate of drug-likeness (QED) is 0.833. The summed E-state index contributed by atoms with van der Waals surface area (Å²) in [4.78, 5) is 0.440. The fourth-order valence-corrected chi connectivity index (χ4v) is 4.14. The maximum Gasteiger partial charge on any atom is 0.243 e. The second kappa shape index (κ2) is 5.23. The van der Waals surface area contributed by atoms with Gasteiger partial charge >= 0.3 is 0 Å². The van der Waals surface area contributed by atoms with Crippen LogP contribution in [0.1, 0.15) is 22.3 Å². The Labute approximate surface area is 115 Å². The average molecular weight is 283 g/mol. The summed E-state index contributed by atoms with van der Waals surface area (Å²) in [6.45, 7) is 9.68. The first-order chi connectivity index (χ1) is 8.85. The van der Waals surface area contributed by atoms with E-state index in [1.807, 2.05) is 27.7 Å². The summed E-state index contributed by atoms with van der Waals surface area (Å²) in [5.41, 5.74) is 4.11. The Balaban J connectivity index is 2.51. The number of aryl methyl sites for hydroxylation is 1. The lowest BCUT2D eigenvalue weighted by atomic mass is 10.00. The van der Waals surface area contributed by atoms with E-state index in [1.165, 1.54) is 9.87 Å². The monoisotopic (exact) mass is 283 g/mol. The van der Waals surface area contributed by atoms with Gasteiger partial charge in [0.05, 0.1) is 18.1 Å². The van der Waals surface area contributed by atoms with Gasteiger partial charge in [0, 0.05) is 13.1 Å². The molecule has 1 aromatic carbocycles. The third-order valence-electron chi connectivity index (χ3n) is 4.02. The molecule has 0 amide bonds. The summed E-state index contributed by atoms with van der Waals surface area (Å²) in [7, 11) is -3.40. The van der Waals surface area contributed by atoms with Gasteiger partial charge in [0.1, 0.15) is 0 Å². The van der Waals surface area contributed by atoms with Gasteiger partial charge in [-0.3, -0.25) is 0 Å². The van der Waals surface area contributed by atoms with Crippen LogP contribution in [0.3, 0.4) is 0 Å². The van der Waals surface area contributed by atoms with Gasteiger partial charge < -0.3 is 4.74 Å². The number of benzene rings is 1. The number of morpholine rings is 1. The second-order valence-electron chi connectivity index (χ2n) is 5.08. The smallest absolute Gasteiger partial charge is 0.243 e. The summed E-state index contributed by atoms with van der Waals surface area (Å²) in [5.74, 6) is 0. The lowest BCUT2D eigenvalue weighted by Gasteiger charge is -2.27. The van der Waals surface area contributed by atoms with Crippen molar-refractivity contribution in [2.24, 2.45) is 0 Å². The zero-order valence-corrected chi connectivity index (χ0v) is 12.8. The number of sulfonamides is 1. The molecule has 0 aromatic heterocycles. The Morgan fingerprint density at radius 3 is 2.16 bits per heavy atom. The molecule has 1 saturated heterocycles. The van der Waals surface area contributed by atoms with Crippen LogP contribution in [0.25, 0.3) is 0 Å². The molecule has 106 valence electrons. The Morgan fingerprint density at radius 2 is 1.58 bits per heavy atom. The third kappa shape index (κ3) is 2.55. The minimum atomic E-state index is -3.40. The van der Waals surface area contributed by atoms with Crippen molar-refractivity contribution < 1.29 is 13.2 Å². The van der Waals surface area contributed by atoms with Crippen molar-refractivity contribution >= 4 is 10.0 Å². The number of ether oxygens (including phenoxy) is 1. The highest BCUT2D eigenvalue weighted by atomic mass is 32.2. The number of rotatable bonds is 2. The van der Waals surface area contributed by atoms with Gasteiger partial charge in [-0.1, -0.05) is 0 Å². The molecule has 0 aliphatic carbocycles. The molecule has 0 atom stereocenters. The van der Waals surface area contributed by atoms with Crippen LogP contribution in [0.2, 0.25) is 0 Å². The van der Waals surface area contributed by atoms with Gasteiger partial charge in [-0.05, 0) is 56.0 Å². The largest absolute Gasteiger partial charge is 0.379 e. The van der Waals surface area contributed by atoms with Crippen LogP contribution >= 0.6 is 0 Å². The van der Waals surface area contributed by atoms with E-state index in [0.717, 1.165) is 16.7 Å². The minimum absolute atomic E-state index is 0.438. The van der Waals surface area contributed by atoms with Gasteiger partial charge in [-0.25, -0.2) is 8.42 Å². The Kier molecular flexibility index (Phi) is 3.99. The lowest BCUT2D eigenvalue weighted by Crippen LogP contribution is -2.40. The Morgan fingerprint density at radius 1 is 1.00 bits per heavy atom. The van der Waals surface area contributed by atoms with Crippen molar-refractivity contribution in [2.75, 3.05) is 26.3 Å². The van der Waals surface area contributed by atoms with Gasteiger partial charge in [-0.15, -0.1) is 0 Å². The van der Waals surface area contributed by atoms with Gasteiger partial charge in [0.2, 0.25) is 10.0 Å². The summed E-state index contributed by atoms with van der Waals surface area (Å²) in [6.07, 6.45) is 0. The van der Waals surface area contributed by atoms with E-state index in [0.29, 0.717) is 31.2 Å². The molecule has 0 bridgehead atoms. The predicted molar refractivity (Wildman–Crippen MR) is 75.0 cm³/mol. The number of nitrogens with zero attached hydrogens (tertiary/aromatic N) is 1. The molecule has 1 aromatic rings. The summed E-state index contributed by atoms with van der Waals surface area (Å²) in [5, 5.41) is 0. The highest BCUT2D eigenvalue weighted by Gasteiger charge is 2.28. The summed E-state index contributed by atoms with van der Waals surface area (Å²) < 4.78 is 32.1. The van der Waals surface area contributed by atoms with Crippen molar-refractivity contribution in [3.8, 4) is 0 Å². The predicted octanol–water partition coefficient (Wildman–Crippen LogP) is 1.94. The van der Waals surface area contributed by atoms with Crippen molar-refractivity contribution in [1.29, 1.82) is 0 Å². The lowest BCUT2D eigenvalue weighted by molar-refractivity contribution is 0.0730. The van der Waals surface area contributed by atoms with Crippen molar-refractivity contribution in [3.05, 3.63) is 28.3 Å². The van der Waals surface area contributed by atoms with Crippen LogP contribution in [0.5, 0.6) is 0 Å². The van der Waals surface area contributed by atoms with E-state index in [1.54, 1.807) is 6.07 Å². The Hall–Kier alpha value is -0.910. The van der Waals surface area contributed by atoms with Crippen molar-refractivity contribution in [3.63, 3.8) is 0 Å². The van der Waals surface area contributed by atoms with Crippen LogP contribution in [-0.4, -0.2) is 39.0 Å². The fraction of sp³-hybridized carbons (Fsp3) is 0.571. The molecular formula is C14H21NO3S. The molecule has 0 unspecified atom stereocenters. The first kappa shape index (κ1) is 14.5. The van der Waals surface area contributed by atoms with E-state index in [9.17, 15) is 8.42 Å². The molecule has 0 spiro atoms. The highest BCUT2D eigenvalue weighted by molar-refractivity contribution is 7.89. The Bertz CT molecular complexity index is 587. The highest BCUT2D eigenvalue weighted by Crippen LogP contribution is 2.27. The van der Waals surface area contributed by atoms with E-state index in [2.05, 4.69) is 0 Å². The molecule has 19 heavy (non-hydrogen) atoms. The van der Waals surface area contributed by atoms with Gasteiger partial charge in [0.15, 0.2) is 0 Å². The second-order valence-corrected chi connectivity index (χ2v) is 6.99. The zero-order valence-electron chi connectivity index (χ0n) is 12.0. The summed E-state index contributed by atoms with van der Waals surface area (Å²) >= 11 is 0. The number of hydrogen-bond donors (Lipinski definition) is 0. The maximum atomic E-state index is 12.7. The van der Waals surface area contributed by atoms with Crippen LogP contribution in [-0.2, 0) is 14.8 Å². The zero-order chi connectivity index (χ0) is 14.2. The molecule has 0 N–H and O–H groups in total. The minimum Gasteiger partial charge on any atom is -0.379 e. The average Bonchev–Trinajstić information content (AvgIpc) is 2.41. The van der Waals surface area contributed by atoms with Crippen molar-refractivity contribution in [2.45, 2.75) is 32.6 Å². The standard InChI is InChI=1S/C14H21NO3S/c1-10-9-14(13(4)12(3)11(10)2)19(16,17)15-5-7-18-8-6-15/h9H,5-8H2,1-4H3. The molecule has 1 aliphatic heterocycles. The van der Waals surface area contributed by atoms with Crippen LogP contribution in [0.4, 0.5) is 0 Å². The molecule has 4 nitrogen and oxygen atoms in total. The normalized spacial score (nSPS) is 17.7. The molecular weight excluding hydrogens is 262 g/mol. The third-order valence-corrected chi connectivity index (χ3v) is 6.05. The van der Waals surface area contributed by atoms with Crippen LogP contribution < -0.4 is 0 Å². The van der Waals surface area contributed by atoms with E-state index < -0.39 is 10.0 Å². The topological polar surface area (TPSA) is 46.6 Å². The van der Waals surface area contributed by atoms with E-state index >= 15 is 0 Å². The first-order valence-electron chi connectivity index (χ1n) is 6.51. The molecule has 1 heterocycles. The molecule has 1 fully saturated rings. The maximum absolute atomic E-state index is 12.7. The van der Waals surface area contributed by atoms with E-state index in [4.69, 9.17) is 4.74 Å². The number of hydrogen-bond acceptors (Lipinski definition) is 3. The molecule has 0 saturated carbocycles. The molecule has 1 aliphatic rings. The van der Waals surface area contributed by atoms with Crippen LogP contribution in [0, 0.1) is 27.7 Å². The SMILES string of the molecule is Cc1cc(S(=O)(=O)N2CCOCC2)c(C)c(C)c1C. The molecule has 5 heteroatoms. The molecule has 2 rings (SSSR count). The van der Waals surface area contributed by atoms with E-state index in [-0.39, 0.29) is 0 Å².